The van der Waals surface area contributed by atoms with Gasteiger partial charge in [-0.25, -0.2) is 13.6 Å². The highest BCUT2D eigenvalue weighted by atomic mass is 32.2. The highest BCUT2D eigenvalue weighted by Gasteiger charge is 2.21. The maximum absolute atomic E-state index is 11.2. The number of hydrogen-bond acceptors (Lipinski definition) is 4. The maximum atomic E-state index is 11.2. The zero-order chi connectivity index (χ0) is 13.9. The van der Waals surface area contributed by atoms with Crippen LogP contribution >= 0.6 is 0 Å². The summed E-state index contributed by atoms with van der Waals surface area (Å²) < 4.78 is 27.7. The SMILES string of the molecule is COC1CCCC(Nc2ccc(S(N)(=O)=O)cc2)C1. The van der Waals surface area contributed by atoms with Gasteiger partial charge in [-0.1, -0.05) is 0 Å². The number of methoxy groups -OCH3 is 1. The van der Waals surface area contributed by atoms with E-state index < -0.39 is 10.0 Å². The molecule has 1 fully saturated rings. The fourth-order valence-corrected chi connectivity index (χ4v) is 2.98. The Morgan fingerprint density at radius 2 is 1.95 bits per heavy atom. The van der Waals surface area contributed by atoms with Crippen LogP contribution in [0.1, 0.15) is 25.7 Å². The molecular weight excluding hydrogens is 264 g/mol. The molecule has 5 nitrogen and oxygen atoms in total. The van der Waals surface area contributed by atoms with Crippen molar-refractivity contribution in [1.82, 2.24) is 0 Å². The van der Waals surface area contributed by atoms with Gasteiger partial charge in [-0.05, 0) is 49.9 Å². The lowest BCUT2D eigenvalue weighted by Crippen LogP contribution is -2.31. The number of sulfonamides is 1. The van der Waals surface area contributed by atoms with Gasteiger partial charge in [0, 0.05) is 18.8 Å². The van der Waals surface area contributed by atoms with Crippen molar-refractivity contribution < 1.29 is 13.2 Å². The molecule has 2 rings (SSSR count). The Labute approximate surface area is 114 Å². The molecule has 1 aromatic carbocycles. The van der Waals surface area contributed by atoms with Gasteiger partial charge >= 0.3 is 0 Å². The van der Waals surface area contributed by atoms with Crippen LogP contribution in [-0.2, 0) is 14.8 Å². The van der Waals surface area contributed by atoms with E-state index in [0.717, 1.165) is 31.4 Å². The Hall–Kier alpha value is -1.11. The number of benzene rings is 1. The number of hydrogen-bond donors (Lipinski definition) is 2. The second-order valence-corrected chi connectivity index (χ2v) is 6.50. The van der Waals surface area contributed by atoms with Crippen LogP contribution < -0.4 is 10.5 Å². The summed E-state index contributed by atoms with van der Waals surface area (Å²) in [5.41, 5.74) is 0.911. The van der Waals surface area contributed by atoms with Gasteiger partial charge in [-0.2, -0.15) is 0 Å². The number of rotatable bonds is 4. The highest BCUT2D eigenvalue weighted by molar-refractivity contribution is 7.89. The third kappa shape index (κ3) is 3.92. The van der Waals surface area contributed by atoms with Crippen LogP contribution in [0.5, 0.6) is 0 Å². The summed E-state index contributed by atoms with van der Waals surface area (Å²) in [6.07, 6.45) is 4.66. The van der Waals surface area contributed by atoms with E-state index in [1.807, 2.05) is 0 Å². The van der Waals surface area contributed by atoms with Crippen LogP contribution in [-0.4, -0.2) is 27.7 Å². The van der Waals surface area contributed by atoms with E-state index >= 15 is 0 Å². The minimum absolute atomic E-state index is 0.136. The fourth-order valence-electron chi connectivity index (χ4n) is 2.47. The molecule has 2 unspecified atom stereocenters. The van der Waals surface area contributed by atoms with Crippen molar-refractivity contribution in [1.29, 1.82) is 0 Å². The number of nitrogens with one attached hydrogen (secondary N) is 1. The molecule has 3 N–H and O–H groups in total. The Kier molecular flexibility index (Phi) is 4.44. The third-order valence-corrected chi connectivity index (χ3v) is 4.44. The molecule has 0 heterocycles. The van der Waals surface area contributed by atoms with E-state index in [1.165, 1.54) is 12.1 Å². The van der Waals surface area contributed by atoms with E-state index in [0.29, 0.717) is 12.1 Å². The summed E-state index contributed by atoms with van der Waals surface area (Å²) in [6, 6.07) is 6.91. The zero-order valence-electron chi connectivity index (χ0n) is 11.0. The smallest absolute Gasteiger partial charge is 0.238 e. The maximum Gasteiger partial charge on any atom is 0.238 e. The summed E-state index contributed by atoms with van der Waals surface area (Å²) in [6.45, 7) is 0. The van der Waals surface area contributed by atoms with Crippen LogP contribution in [0.3, 0.4) is 0 Å². The van der Waals surface area contributed by atoms with Crippen LogP contribution in [0.4, 0.5) is 5.69 Å². The van der Waals surface area contributed by atoms with E-state index in [-0.39, 0.29) is 4.90 Å². The van der Waals surface area contributed by atoms with Crippen molar-refractivity contribution in [2.24, 2.45) is 5.14 Å². The van der Waals surface area contributed by atoms with Crippen LogP contribution in [0.2, 0.25) is 0 Å². The molecule has 1 aliphatic carbocycles. The van der Waals surface area contributed by atoms with Crippen molar-refractivity contribution in [3.05, 3.63) is 24.3 Å². The molecule has 0 aromatic heterocycles. The standard InChI is InChI=1S/C13H20N2O3S/c1-18-12-4-2-3-11(9-12)15-10-5-7-13(8-6-10)19(14,16)17/h5-8,11-12,15H,2-4,9H2,1H3,(H2,14,16,17). The minimum Gasteiger partial charge on any atom is -0.382 e. The number of ether oxygens (including phenoxy) is 1. The molecule has 1 aliphatic rings. The molecule has 0 bridgehead atoms. The van der Waals surface area contributed by atoms with Gasteiger partial charge in [-0.15, -0.1) is 0 Å². The Balaban J connectivity index is 2.00. The average Bonchev–Trinajstić information content (AvgIpc) is 2.38. The van der Waals surface area contributed by atoms with E-state index in [9.17, 15) is 8.42 Å². The van der Waals surface area contributed by atoms with Crippen molar-refractivity contribution in [3.8, 4) is 0 Å². The van der Waals surface area contributed by atoms with Crippen molar-refractivity contribution in [2.75, 3.05) is 12.4 Å². The molecule has 6 heteroatoms. The van der Waals surface area contributed by atoms with Crippen LogP contribution in [0, 0.1) is 0 Å². The summed E-state index contributed by atoms with van der Waals surface area (Å²) in [5.74, 6) is 0. The van der Waals surface area contributed by atoms with Crippen LogP contribution in [0.15, 0.2) is 29.2 Å². The van der Waals surface area contributed by atoms with Gasteiger partial charge in [0.15, 0.2) is 0 Å². The lowest BCUT2D eigenvalue weighted by atomic mass is 9.92. The molecule has 0 radical (unpaired) electrons. The summed E-state index contributed by atoms with van der Waals surface area (Å²) in [4.78, 5) is 0.136. The second-order valence-electron chi connectivity index (χ2n) is 4.93. The number of anilines is 1. The van der Waals surface area contributed by atoms with E-state index in [2.05, 4.69) is 5.32 Å². The monoisotopic (exact) mass is 284 g/mol. The molecular formula is C13H20N2O3S. The first kappa shape index (κ1) is 14.3. The lowest BCUT2D eigenvalue weighted by Gasteiger charge is -2.29. The molecule has 0 aliphatic heterocycles. The van der Waals surface area contributed by atoms with Gasteiger partial charge < -0.3 is 10.1 Å². The van der Waals surface area contributed by atoms with Gasteiger partial charge in [0.25, 0.3) is 0 Å². The molecule has 0 amide bonds. The van der Waals surface area contributed by atoms with E-state index in [1.54, 1.807) is 19.2 Å². The molecule has 2 atom stereocenters. The minimum atomic E-state index is -3.61. The number of nitrogens with two attached hydrogens (primary N) is 1. The van der Waals surface area contributed by atoms with Crippen molar-refractivity contribution in [2.45, 2.75) is 42.7 Å². The van der Waals surface area contributed by atoms with Crippen LogP contribution in [0.25, 0.3) is 0 Å². The average molecular weight is 284 g/mol. The molecule has 19 heavy (non-hydrogen) atoms. The largest absolute Gasteiger partial charge is 0.382 e. The Bertz CT molecular complexity index is 513. The molecule has 1 aromatic rings. The van der Waals surface area contributed by atoms with Gasteiger partial charge in [0.1, 0.15) is 0 Å². The normalized spacial score (nSPS) is 24.1. The predicted molar refractivity (Wildman–Crippen MR) is 74.5 cm³/mol. The highest BCUT2D eigenvalue weighted by Crippen LogP contribution is 2.24. The molecule has 106 valence electrons. The van der Waals surface area contributed by atoms with Gasteiger partial charge in [0.05, 0.1) is 11.0 Å². The van der Waals surface area contributed by atoms with Crippen molar-refractivity contribution in [3.63, 3.8) is 0 Å². The fraction of sp³-hybridized carbons (Fsp3) is 0.538. The third-order valence-electron chi connectivity index (χ3n) is 3.51. The first-order chi connectivity index (χ1) is 8.99. The topological polar surface area (TPSA) is 81.4 Å². The Morgan fingerprint density at radius 3 is 2.53 bits per heavy atom. The second kappa shape index (κ2) is 5.90. The lowest BCUT2D eigenvalue weighted by molar-refractivity contribution is 0.0669. The Morgan fingerprint density at radius 1 is 1.26 bits per heavy atom. The summed E-state index contributed by atoms with van der Waals surface area (Å²) in [7, 11) is -1.87. The molecule has 0 spiro atoms. The quantitative estimate of drug-likeness (QED) is 0.881. The zero-order valence-corrected chi connectivity index (χ0v) is 11.8. The van der Waals surface area contributed by atoms with Gasteiger partial charge in [0.2, 0.25) is 10.0 Å². The predicted octanol–water partition coefficient (Wildman–Crippen LogP) is 1.70. The first-order valence-corrected chi connectivity index (χ1v) is 7.96. The van der Waals surface area contributed by atoms with Crippen molar-refractivity contribution >= 4 is 15.7 Å². The van der Waals surface area contributed by atoms with Gasteiger partial charge in [-0.3, -0.25) is 0 Å². The number of primary sulfonamides is 1. The summed E-state index contributed by atoms with van der Waals surface area (Å²) in [5, 5.41) is 8.47. The molecule has 1 saturated carbocycles. The first-order valence-electron chi connectivity index (χ1n) is 6.41. The van der Waals surface area contributed by atoms with E-state index in [4.69, 9.17) is 9.88 Å². The molecule has 0 saturated heterocycles. The summed E-state index contributed by atoms with van der Waals surface area (Å²) >= 11 is 0.